The third-order valence-corrected chi connectivity index (χ3v) is 4.80. The Kier molecular flexibility index (Phi) is 7.63. The summed E-state index contributed by atoms with van der Waals surface area (Å²) in [6.07, 6.45) is 1.58. The zero-order valence-electron chi connectivity index (χ0n) is 17.5. The Morgan fingerprint density at radius 2 is 1.91 bits per heavy atom. The molecule has 3 N–H and O–H groups in total. The molecule has 0 fully saturated rings. The van der Waals surface area contributed by atoms with Crippen LogP contribution in [0.25, 0.3) is 0 Å². The quantitative estimate of drug-likeness (QED) is 0.363. The molecule has 0 radical (unpaired) electrons. The van der Waals surface area contributed by atoms with Gasteiger partial charge in [-0.25, -0.2) is 5.43 Å². The molecule has 0 bridgehead atoms. The van der Waals surface area contributed by atoms with Crippen molar-refractivity contribution in [3.05, 3.63) is 87.9 Å². The lowest BCUT2D eigenvalue weighted by Gasteiger charge is -2.10. The predicted octanol–water partition coefficient (Wildman–Crippen LogP) is 3.87. The zero-order chi connectivity index (χ0) is 23.8. The maximum Gasteiger partial charge on any atom is 0.271 e. The number of nitriles is 1. The van der Waals surface area contributed by atoms with E-state index in [9.17, 15) is 14.7 Å². The van der Waals surface area contributed by atoms with Crippen LogP contribution in [-0.2, 0) is 11.2 Å². The van der Waals surface area contributed by atoms with Crippen LogP contribution in [0.2, 0.25) is 5.02 Å². The van der Waals surface area contributed by atoms with Crippen LogP contribution in [0.4, 0.5) is 5.69 Å². The number of nitrogens with zero attached hydrogens (tertiary/aromatic N) is 2. The molecular weight excluding hydrogens is 444 g/mol. The number of phenols is 1. The highest BCUT2D eigenvalue weighted by Gasteiger charge is 2.10. The summed E-state index contributed by atoms with van der Waals surface area (Å²) in [4.78, 5) is 24.5. The number of hydrogen-bond acceptors (Lipinski definition) is 6. The molecule has 0 heterocycles. The highest BCUT2D eigenvalue weighted by Crippen LogP contribution is 2.22. The summed E-state index contributed by atoms with van der Waals surface area (Å²) in [6.45, 7) is 0. The van der Waals surface area contributed by atoms with Gasteiger partial charge >= 0.3 is 0 Å². The maximum atomic E-state index is 12.3. The molecule has 0 aromatic heterocycles. The summed E-state index contributed by atoms with van der Waals surface area (Å²) in [5.74, 6) is -0.511. The van der Waals surface area contributed by atoms with Gasteiger partial charge in [0.05, 0.1) is 25.3 Å². The summed E-state index contributed by atoms with van der Waals surface area (Å²) in [7, 11) is 1.48. The van der Waals surface area contributed by atoms with Crippen LogP contribution in [0.1, 0.15) is 27.0 Å². The summed E-state index contributed by atoms with van der Waals surface area (Å²) in [5, 5.41) is 25.8. The van der Waals surface area contributed by atoms with E-state index in [0.29, 0.717) is 22.0 Å². The zero-order valence-corrected chi connectivity index (χ0v) is 18.3. The van der Waals surface area contributed by atoms with Crippen molar-refractivity contribution in [3.63, 3.8) is 0 Å². The number of carbonyl (C=O) groups is 2. The van der Waals surface area contributed by atoms with E-state index in [1.165, 1.54) is 31.5 Å². The van der Waals surface area contributed by atoms with Crippen LogP contribution in [0.5, 0.6) is 11.5 Å². The molecule has 0 atom stereocenters. The second-order valence-electron chi connectivity index (χ2n) is 6.85. The molecule has 9 heteroatoms. The first kappa shape index (κ1) is 23.3. The van der Waals surface area contributed by atoms with Gasteiger partial charge in [-0.2, -0.15) is 10.4 Å². The molecule has 0 aliphatic rings. The smallest absolute Gasteiger partial charge is 0.271 e. The normalized spacial score (nSPS) is 10.5. The van der Waals surface area contributed by atoms with E-state index in [0.717, 1.165) is 5.56 Å². The monoisotopic (exact) mass is 462 g/mol. The van der Waals surface area contributed by atoms with Gasteiger partial charge in [-0.15, -0.1) is 0 Å². The number of rotatable bonds is 7. The fraction of sp³-hybridized carbons (Fsp3) is 0.0833. The molecule has 3 aromatic carbocycles. The number of ether oxygens (including phenoxy) is 1. The molecule has 2 amide bonds. The molecule has 3 aromatic rings. The van der Waals surface area contributed by atoms with E-state index in [4.69, 9.17) is 21.6 Å². The summed E-state index contributed by atoms with van der Waals surface area (Å²) < 4.78 is 5.35. The van der Waals surface area contributed by atoms with Crippen LogP contribution in [-0.4, -0.2) is 30.2 Å². The Hall–Kier alpha value is -4.35. The van der Waals surface area contributed by atoms with Crippen LogP contribution in [0.15, 0.2) is 65.8 Å². The maximum absolute atomic E-state index is 12.3. The van der Waals surface area contributed by atoms with Gasteiger partial charge in [0.2, 0.25) is 5.91 Å². The van der Waals surface area contributed by atoms with Gasteiger partial charge in [0.25, 0.3) is 5.91 Å². The van der Waals surface area contributed by atoms with Gasteiger partial charge in [-0.1, -0.05) is 23.7 Å². The van der Waals surface area contributed by atoms with E-state index in [2.05, 4.69) is 15.8 Å². The fourth-order valence-corrected chi connectivity index (χ4v) is 3.01. The molecule has 33 heavy (non-hydrogen) atoms. The standard InChI is InChI=1S/C24H19ClN4O4/c1-33-22-12-20(28-23(31)10-15-2-6-19(25)7-3-15)8-4-17(22)14-27-29-24(32)16-5-9-21(30)18(11-16)13-26/h2-9,11-12,14,30H,10H2,1H3,(H,28,31)(H,29,32). The highest BCUT2D eigenvalue weighted by molar-refractivity contribution is 6.30. The van der Waals surface area contributed by atoms with Crippen molar-refractivity contribution in [2.24, 2.45) is 5.10 Å². The lowest BCUT2D eigenvalue weighted by molar-refractivity contribution is -0.115. The van der Waals surface area contributed by atoms with Gasteiger partial charge < -0.3 is 15.2 Å². The number of aromatic hydroxyl groups is 1. The highest BCUT2D eigenvalue weighted by atomic mass is 35.5. The van der Waals surface area contributed by atoms with Gasteiger partial charge in [-0.05, 0) is 48.0 Å². The first-order chi connectivity index (χ1) is 15.9. The Bertz CT molecular complexity index is 1250. The molecule has 8 nitrogen and oxygen atoms in total. The first-order valence-electron chi connectivity index (χ1n) is 9.68. The van der Waals surface area contributed by atoms with E-state index in [1.807, 2.05) is 0 Å². The summed E-state index contributed by atoms with van der Waals surface area (Å²) in [5.41, 5.74) is 4.45. The molecule has 0 aliphatic heterocycles. The number of hydrazone groups is 1. The average Bonchev–Trinajstić information content (AvgIpc) is 2.81. The van der Waals surface area contributed by atoms with Crippen LogP contribution >= 0.6 is 11.6 Å². The number of amides is 2. The van der Waals surface area contributed by atoms with E-state index in [-0.39, 0.29) is 29.2 Å². The average molecular weight is 463 g/mol. The third-order valence-electron chi connectivity index (χ3n) is 4.54. The second kappa shape index (κ2) is 10.8. The number of hydrogen-bond donors (Lipinski definition) is 3. The Morgan fingerprint density at radius 3 is 2.61 bits per heavy atom. The number of nitrogens with one attached hydrogen (secondary N) is 2. The van der Waals surface area contributed by atoms with Gasteiger partial charge in [0.15, 0.2) is 0 Å². The molecule has 0 saturated carbocycles. The van der Waals surface area contributed by atoms with Gasteiger partial charge in [0, 0.05) is 27.9 Å². The first-order valence-corrected chi connectivity index (χ1v) is 10.1. The molecular formula is C24H19ClN4O4. The molecule has 0 aliphatic carbocycles. The van der Waals surface area contributed by atoms with Crippen molar-refractivity contribution in [1.82, 2.24) is 5.43 Å². The third kappa shape index (κ3) is 6.32. The van der Waals surface area contributed by atoms with Gasteiger partial charge in [0.1, 0.15) is 17.6 Å². The molecule has 166 valence electrons. The second-order valence-corrected chi connectivity index (χ2v) is 7.29. The number of methoxy groups -OCH3 is 1. The lowest BCUT2D eigenvalue weighted by atomic mass is 10.1. The summed E-state index contributed by atoms with van der Waals surface area (Å²) in [6, 6.07) is 17.7. The topological polar surface area (TPSA) is 124 Å². The number of anilines is 1. The number of carbonyl (C=O) groups excluding carboxylic acids is 2. The summed E-state index contributed by atoms with van der Waals surface area (Å²) >= 11 is 5.86. The van der Waals surface area contributed by atoms with E-state index < -0.39 is 5.91 Å². The van der Waals surface area contributed by atoms with E-state index in [1.54, 1.807) is 48.5 Å². The number of phenolic OH excluding ortho intramolecular Hbond substituents is 1. The Morgan fingerprint density at radius 1 is 1.15 bits per heavy atom. The van der Waals surface area contributed by atoms with Crippen molar-refractivity contribution in [2.75, 3.05) is 12.4 Å². The van der Waals surface area contributed by atoms with E-state index >= 15 is 0 Å². The minimum Gasteiger partial charge on any atom is -0.507 e. The largest absolute Gasteiger partial charge is 0.507 e. The SMILES string of the molecule is COc1cc(NC(=O)Cc2ccc(Cl)cc2)ccc1C=NNC(=O)c1ccc(O)c(C#N)c1. The fourth-order valence-electron chi connectivity index (χ4n) is 2.88. The van der Waals surface area contributed by atoms with Crippen molar-refractivity contribution in [1.29, 1.82) is 5.26 Å². The predicted molar refractivity (Wildman–Crippen MR) is 125 cm³/mol. The Balaban J connectivity index is 1.63. The lowest BCUT2D eigenvalue weighted by Crippen LogP contribution is -2.17. The molecule has 0 spiro atoms. The van der Waals surface area contributed by atoms with Crippen molar-refractivity contribution in [3.8, 4) is 17.6 Å². The van der Waals surface area contributed by atoms with Crippen molar-refractivity contribution in [2.45, 2.75) is 6.42 Å². The van der Waals surface area contributed by atoms with Crippen LogP contribution < -0.4 is 15.5 Å². The molecule has 0 unspecified atom stereocenters. The van der Waals surface area contributed by atoms with Crippen LogP contribution in [0, 0.1) is 11.3 Å². The minimum absolute atomic E-state index is 0.0120. The molecule has 0 saturated heterocycles. The number of halogens is 1. The van der Waals surface area contributed by atoms with Gasteiger partial charge in [-0.3, -0.25) is 9.59 Å². The van der Waals surface area contributed by atoms with Crippen molar-refractivity contribution < 1.29 is 19.4 Å². The Labute approximate surface area is 195 Å². The van der Waals surface area contributed by atoms with Crippen molar-refractivity contribution >= 4 is 35.3 Å². The van der Waals surface area contributed by atoms with Crippen LogP contribution in [0.3, 0.4) is 0 Å². The number of benzene rings is 3. The molecule has 3 rings (SSSR count). The minimum atomic E-state index is -0.548.